The van der Waals surface area contributed by atoms with Crippen molar-refractivity contribution in [2.24, 2.45) is 5.92 Å². The molecular formula is C25H32N2Y5. The zero-order chi connectivity index (χ0) is 18.5. The van der Waals surface area contributed by atoms with Crippen molar-refractivity contribution in [2.45, 2.75) is 37.5 Å². The van der Waals surface area contributed by atoms with E-state index in [2.05, 4.69) is 84.3 Å². The van der Waals surface area contributed by atoms with E-state index in [0.717, 1.165) is 19.0 Å². The Balaban J connectivity index is 0. The molecule has 2 aromatic carbocycles. The molecule has 3 aliphatic rings. The first-order valence-electron chi connectivity index (χ1n) is 10.5. The Kier molecular flexibility index (Phi) is 23.2. The molecule has 0 bridgehead atoms. The molecule has 2 aromatic rings. The van der Waals surface area contributed by atoms with Crippen LogP contribution in [0.15, 0.2) is 60.7 Å². The number of fused-ring (bicyclic) bond motifs is 2. The minimum absolute atomic E-state index is 0. The molecule has 2 saturated heterocycles. The second kappa shape index (κ2) is 19.7. The van der Waals surface area contributed by atoms with E-state index in [1.54, 1.807) is 5.56 Å². The van der Waals surface area contributed by atoms with Gasteiger partial charge in [-0.3, -0.25) is 0 Å². The Morgan fingerprint density at radius 1 is 0.750 bits per heavy atom. The van der Waals surface area contributed by atoms with Gasteiger partial charge >= 0.3 is 0 Å². The summed E-state index contributed by atoms with van der Waals surface area (Å²) in [6, 6.07) is 19.7. The fraction of sp³-hybridized carbons (Fsp3) is 0.440. The average Bonchev–Trinajstić information content (AvgIpc) is 3.12. The van der Waals surface area contributed by atoms with Crippen molar-refractivity contribution >= 4 is 6.08 Å². The first-order valence-corrected chi connectivity index (χ1v) is 10.5. The van der Waals surface area contributed by atoms with Crippen molar-refractivity contribution < 1.29 is 164 Å². The zero-order valence-corrected chi connectivity index (χ0v) is 33.5. The molecule has 1 aliphatic carbocycles. The van der Waals surface area contributed by atoms with Crippen LogP contribution < -0.4 is 10.6 Å². The predicted molar refractivity (Wildman–Crippen MR) is 115 cm³/mol. The number of benzene rings is 2. The summed E-state index contributed by atoms with van der Waals surface area (Å²) < 4.78 is 0. The maximum atomic E-state index is 3.48. The van der Waals surface area contributed by atoms with Crippen LogP contribution in [0.2, 0.25) is 0 Å². The van der Waals surface area contributed by atoms with Gasteiger partial charge < -0.3 is 10.6 Å². The van der Waals surface area contributed by atoms with Gasteiger partial charge in [-0.15, -0.1) is 0 Å². The molecule has 2 fully saturated rings. The summed E-state index contributed by atoms with van der Waals surface area (Å²) in [5.41, 5.74) is 4.80. The van der Waals surface area contributed by atoms with Crippen LogP contribution in [-0.4, -0.2) is 26.2 Å². The summed E-state index contributed by atoms with van der Waals surface area (Å²) in [5, 5.41) is 6.87. The summed E-state index contributed by atoms with van der Waals surface area (Å²) in [6.07, 6.45) is 8.57. The number of hydrogen-bond donors (Lipinski definition) is 2. The smallest absolute Gasteiger partial charge is 0.0191 e. The number of rotatable bonds is 1. The van der Waals surface area contributed by atoms with Crippen molar-refractivity contribution in [1.29, 1.82) is 0 Å². The number of allylic oxidation sites excluding steroid dienone is 1. The largest absolute Gasteiger partial charge is 0.317 e. The molecule has 5 radical (unpaired) electrons. The molecule has 1 spiro atoms. The van der Waals surface area contributed by atoms with Gasteiger partial charge in [-0.25, -0.2) is 0 Å². The van der Waals surface area contributed by atoms with Crippen LogP contribution in [-0.2, 0) is 169 Å². The molecule has 2 N–H and O–H groups in total. The van der Waals surface area contributed by atoms with Crippen molar-refractivity contribution in [3.63, 3.8) is 0 Å². The third-order valence-corrected chi connectivity index (χ3v) is 6.68. The fourth-order valence-electron chi connectivity index (χ4n) is 4.96. The SMILES string of the molecule is C[C@H]1CNCC[C@@]12C=Cc1ccccc12.[Y].[Y].[Y].[Y].[Y].c1ccc(C2CCNCC2)cc1. The summed E-state index contributed by atoms with van der Waals surface area (Å²) >= 11 is 0. The maximum absolute atomic E-state index is 3.48. The second-order valence-electron chi connectivity index (χ2n) is 8.25. The molecule has 2 nitrogen and oxygen atoms in total. The Hall–Kier alpha value is 3.62. The van der Waals surface area contributed by atoms with Gasteiger partial charge in [0.15, 0.2) is 0 Å². The third kappa shape index (κ3) is 9.73. The molecule has 0 amide bonds. The Bertz CT molecular complexity index is 781. The average molecular weight is 805 g/mol. The number of piperidine rings is 2. The van der Waals surface area contributed by atoms with Gasteiger partial charge in [0.1, 0.15) is 0 Å². The van der Waals surface area contributed by atoms with Crippen LogP contribution in [0.25, 0.3) is 6.08 Å². The number of nitrogens with one attached hydrogen (secondary N) is 2. The topological polar surface area (TPSA) is 24.1 Å². The van der Waals surface area contributed by atoms with Crippen LogP contribution in [0.5, 0.6) is 0 Å². The van der Waals surface area contributed by atoms with Crippen LogP contribution in [0.4, 0.5) is 0 Å². The van der Waals surface area contributed by atoms with E-state index in [1.165, 1.54) is 43.5 Å². The molecule has 2 aliphatic heterocycles. The van der Waals surface area contributed by atoms with Gasteiger partial charge in [-0.05, 0) is 74.0 Å². The minimum Gasteiger partial charge on any atom is -0.317 e. The predicted octanol–water partition coefficient (Wildman–Crippen LogP) is 4.72. The quantitative estimate of drug-likeness (QED) is 0.437. The van der Waals surface area contributed by atoms with Crippen molar-refractivity contribution in [3.8, 4) is 0 Å². The van der Waals surface area contributed by atoms with E-state index in [4.69, 9.17) is 0 Å². The van der Waals surface area contributed by atoms with Crippen molar-refractivity contribution in [3.05, 3.63) is 77.4 Å². The van der Waals surface area contributed by atoms with E-state index < -0.39 is 0 Å². The summed E-state index contributed by atoms with van der Waals surface area (Å²) in [5.74, 6) is 1.50. The molecule has 7 heteroatoms. The van der Waals surface area contributed by atoms with E-state index in [0.29, 0.717) is 11.3 Å². The van der Waals surface area contributed by atoms with Crippen molar-refractivity contribution in [2.75, 3.05) is 26.2 Å². The van der Waals surface area contributed by atoms with E-state index >= 15 is 0 Å². The normalized spacial score (nSPS) is 22.8. The number of hydrogen-bond acceptors (Lipinski definition) is 2. The van der Waals surface area contributed by atoms with E-state index in [9.17, 15) is 0 Å². The Labute approximate surface area is 321 Å². The molecule has 2 atom stereocenters. The molecule has 5 rings (SSSR count). The molecule has 0 saturated carbocycles. The van der Waals surface area contributed by atoms with Crippen LogP contribution in [0.3, 0.4) is 0 Å². The second-order valence-corrected chi connectivity index (χ2v) is 8.25. The van der Waals surface area contributed by atoms with Crippen LogP contribution in [0.1, 0.15) is 48.8 Å². The van der Waals surface area contributed by atoms with Crippen molar-refractivity contribution in [1.82, 2.24) is 10.6 Å². The molecule has 2 heterocycles. The van der Waals surface area contributed by atoms with E-state index in [-0.39, 0.29) is 164 Å². The monoisotopic (exact) mass is 805 g/mol. The van der Waals surface area contributed by atoms with Gasteiger partial charge in [-0.2, -0.15) is 0 Å². The van der Waals surface area contributed by atoms with Gasteiger partial charge in [0.2, 0.25) is 0 Å². The van der Waals surface area contributed by atoms with Crippen LogP contribution >= 0.6 is 0 Å². The molecule has 0 unspecified atom stereocenters. The van der Waals surface area contributed by atoms with Crippen LogP contribution in [0, 0.1) is 5.92 Å². The summed E-state index contributed by atoms with van der Waals surface area (Å²) in [7, 11) is 0. The van der Waals surface area contributed by atoms with Gasteiger partial charge in [0.25, 0.3) is 0 Å². The van der Waals surface area contributed by atoms with Gasteiger partial charge in [0, 0.05) is 169 Å². The zero-order valence-electron chi connectivity index (χ0n) is 19.3. The van der Waals surface area contributed by atoms with Gasteiger partial charge in [-0.1, -0.05) is 73.7 Å². The summed E-state index contributed by atoms with van der Waals surface area (Å²) in [4.78, 5) is 0. The minimum atomic E-state index is 0. The van der Waals surface area contributed by atoms with E-state index in [1.807, 2.05) is 0 Å². The third-order valence-electron chi connectivity index (χ3n) is 6.68. The Morgan fingerprint density at radius 3 is 2.03 bits per heavy atom. The summed E-state index contributed by atoms with van der Waals surface area (Å²) in [6.45, 7) is 7.00. The molecule has 32 heavy (non-hydrogen) atoms. The first kappa shape index (κ1) is 37.8. The standard InChI is InChI=1S/C14H17N.C11H15N.5Y/c1-11-10-15-9-8-14(11)7-6-12-4-2-3-5-13(12)14;1-2-4-10(5-3-1)11-6-8-12-9-7-11;;;;;/h2-7,11,15H,8-10H2,1H3;1-5,11-12H,6-9H2;;;;;/t11-,14-;;;;;;/m0....../s1. The fourth-order valence-corrected chi connectivity index (χ4v) is 4.96. The maximum Gasteiger partial charge on any atom is 0.0191 e. The molecule has 157 valence electrons. The Morgan fingerprint density at radius 2 is 1.38 bits per heavy atom. The van der Waals surface area contributed by atoms with Gasteiger partial charge in [0.05, 0.1) is 0 Å². The first-order chi connectivity index (χ1) is 13.3. The molecular weight excluding hydrogens is 773 g/mol. The molecule has 0 aromatic heterocycles.